The molecular weight excluding hydrogens is 168 g/mol. The Morgan fingerprint density at radius 1 is 1.08 bits per heavy atom. The fourth-order valence-corrected chi connectivity index (χ4v) is 0.534. The van der Waals surface area contributed by atoms with E-state index in [0.717, 1.165) is 0 Å². The maximum atomic E-state index is 8.90. The first-order chi connectivity index (χ1) is 5.54. The molecule has 0 aliphatic rings. The Morgan fingerprint density at radius 2 is 1.58 bits per heavy atom. The normalized spacial score (nSPS) is 18.3. The highest BCUT2D eigenvalue weighted by molar-refractivity contribution is 5.05. The van der Waals surface area contributed by atoms with Crippen LogP contribution in [0.5, 0.6) is 0 Å². The predicted molar refractivity (Wildman–Crippen MR) is 38.5 cm³/mol. The number of hydrogen-bond donors (Lipinski definition) is 6. The van der Waals surface area contributed by atoms with Crippen molar-refractivity contribution < 1.29 is 30.6 Å². The van der Waals surface area contributed by atoms with Crippen LogP contribution in [0.3, 0.4) is 0 Å². The summed E-state index contributed by atoms with van der Waals surface area (Å²) in [6.07, 6.45) is -3.37. The fourth-order valence-electron chi connectivity index (χ4n) is 0.534. The van der Waals surface area contributed by atoms with E-state index in [1.165, 1.54) is 0 Å². The molecule has 6 heteroatoms. The molecule has 0 spiro atoms. The molecule has 0 bridgehead atoms. The smallest absolute Gasteiger partial charge is 0.164 e. The lowest BCUT2D eigenvalue weighted by Crippen LogP contribution is -2.32. The maximum Gasteiger partial charge on any atom is 0.164 e. The first-order valence-corrected chi connectivity index (χ1v) is 3.23. The van der Waals surface area contributed by atoms with Gasteiger partial charge in [-0.25, -0.2) is 0 Å². The van der Waals surface area contributed by atoms with E-state index in [1.807, 2.05) is 0 Å². The summed E-state index contributed by atoms with van der Waals surface area (Å²) >= 11 is 0. The Kier molecular flexibility index (Phi) is 4.60. The van der Waals surface area contributed by atoms with Crippen LogP contribution in [0.4, 0.5) is 0 Å². The Bertz CT molecular complexity index is 165. The molecule has 0 heterocycles. The van der Waals surface area contributed by atoms with Crippen molar-refractivity contribution in [2.45, 2.75) is 12.2 Å². The van der Waals surface area contributed by atoms with Gasteiger partial charge < -0.3 is 30.6 Å². The standard InChI is InChI=1S/C6H12O6/c7-1-3(9)5(11)6(12)4(10)2-8/h3,5,7-12H,1-2H2/t3-,5-/m1/s1. The quantitative estimate of drug-likeness (QED) is 0.279. The summed E-state index contributed by atoms with van der Waals surface area (Å²) in [4.78, 5) is 0. The number of hydrogen-bond acceptors (Lipinski definition) is 6. The highest BCUT2D eigenvalue weighted by Crippen LogP contribution is 2.06. The molecule has 0 amide bonds. The van der Waals surface area contributed by atoms with Crippen LogP contribution in [-0.4, -0.2) is 56.1 Å². The zero-order valence-corrected chi connectivity index (χ0v) is 6.25. The first kappa shape index (κ1) is 11.2. The Labute approximate surface area is 68.6 Å². The molecule has 0 rings (SSSR count). The van der Waals surface area contributed by atoms with E-state index in [2.05, 4.69) is 0 Å². The zero-order chi connectivity index (χ0) is 9.72. The van der Waals surface area contributed by atoms with Gasteiger partial charge in [0.05, 0.1) is 6.61 Å². The van der Waals surface area contributed by atoms with Crippen molar-refractivity contribution >= 4 is 0 Å². The molecule has 2 atom stereocenters. The molecular formula is C6H12O6. The monoisotopic (exact) mass is 180 g/mol. The van der Waals surface area contributed by atoms with Crippen molar-refractivity contribution in [2.75, 3.05) is 13.2 Å². The zero-order valence-electron chi connectivity index (χ0n) is 6.25. The average Bonchev–Trinajstić information content (AvgIpc) is 2.12. The average molecular weight is 180 g/mol. The molecule has 0 radical (unpaired) electrons. The van der Waals surface area contributed by atoms with Gasteiger partial charge in [0.25, 0.3) is 0 Å². The molecule has 0 aromatic rings. The van der Waals surface area contributed by atoms with E-state index in [4.69, 9.17) is 30.6 Å². The van der Waals surface area contributed by atoms with Crippen LogP contribution in [0.15, 0.2) is 11.5 Å². The van der Waals surface area contributed by atoms with Gasteiger partial charge in [0.2, 0.25) is 0 Å². The van der Waals surface area contributed by atoms with Gasteiger partial charge in [-0.1, -0.05) is 0 Å². The minimum Gasteiger partial charge on any atom is -0.506 e. The molecule has 6 N–H and O–H groups in total. The lowest BCUT2D eigenvalue weighted by atomic mass is 10.1. The third-order valence-electron chi connectivity index (χ3n) is 1.28. The van der Waals surface area contributed by atoms with Gasteiger partial charge >= 0.3 is 0 Å². The first-order valence-electron chi connectivity index (χ1n) is 3.23. The molecule has 0 unspecified atom stereocenters. The van der Waals surface area contributed by atoms with Crippen LogP contribution < -0.4 is 0 Å². The molecule has 6 nitrogen and oxygen atoms in total. The number of aliphatic hydroxyl groups is 6. The SMILES string of the molecule is OCC(O)=C(O)[C@H](O)[C@H](O)CO. The molecule has 72 valence electrons. The largest absolute Gasteiger partial charge is 0.506 e. The summed E-state index contributed by atoms with van der Waals surface area (Å²) in [5.74, 6) is -1.78. The molecule has 0 aromatic heterocycles. The van der Waals surface area contributed by atoms with Gasteiger partial charge in [0, 0.05) is 0 Å². The molecule has 0 saturated carbocycles. The van der Waals surface area contributed by atoms with Crippen molar-refractivity contribution in [2.24, 2.45) is 0 Å². The van der Waals surface area contributed by atoms with Crippen molar-refractivity contribution in [3.8, 4) is 0 Å². The summed E-state index contributed by atoms with van der Waals surface area (Å²) in [6, 6.07) is 0. The van der Waals surface area contributed by atoms with Crippen molar-refractivity contribution in [3.05, 3.63) is 11.5 Å². The lowest BCUT2D eigenvalue weighted by Gasteiger charge is -2.15. The second kappa shape index (κ2) is 4.94. The molecule has 0 fully saturated rings. The molecule has 12 heavy (non-hydrogen) atoms. The highest BCUT2D eigenvalue weighted by atomic mass is 16.4. The second-order valence-electron chi connectivity index (χ2n) is 2.18. The summed E-state index contributed by atoms with van der Waals surface area (Å²) in [5, 5.41) is 51.8. The van der Waals surface area contributed by atoms with E-state index < -0.39 is 36.9 Å². The minimum atomic E-state index is -1.79. The lowest BCUT2D eigenvalue weighted by molar-refractivity contribution is -0.0177. The van der Waals surface area contributed by atoms with Crippen LogP contribution in [-0.2, 0) is 0 Å². The van der Waals surface area contributed by atoms with E-state index in [0.29, 0.717) is 0 Å². The van der Waals surface area contributed by atoms with Gasteiger partial charge in [-0.3, -0.25) is 0 Å². The van der Waals surface area contributed by atoms with E-state index in [1.54, 1.807) is 0 Å². The van der Waals surface area contributed by atoms with Crippen molar-refractivity contribution in [1.82, 2.24) is 0 Å². The second-order valence-corrected chi connectivity index (χ2v) is 2.18. The summed E-state index contributed by atoms with van der Waals surface area (Å²) in [7, 11) is 0. The molecule has 0 saturated heterocycles. The summed E-state index contributed by atoms with van der Waals surface area (Å²) < 4.78 is 0. The number of aliphatic hydroxyl groups excluding tert-OH is 6. The third-order valence-corrected chi connectivity index (χ3v) is 1.28. The van der Waals surface area contributed by atoms with Gasteiger partial charge in [-0.05, 0) is 0 Å². The van der Waals surface area contributed by atoms with Crippen LogP contribution in [0.25, 0.3) is 0 Å². The van der Waals surface area contributed by atoms with Gasteiger partial charge in [0.1, 0.15) is 18.8 Å². The Morgan fingerprint density at radius 3 is 1.92 bits per heavy atom. The third kappa shape index (κ3) is 2.67. The highest BCUT2D eigenvalue weighted by Gasteiger charge is 2.22. The van der Waals surface area contributed by atoms with Gasteiger partial charge in [0.15, 0.2) is 11.5 Å². The number of rotatable bonds is 4. The Balaban J connectivity index is 4.36. The maximum absolute atomic E-state index is 8.90. The molecule has 0 aliphatic carbocycles. The minimum absolute atomic E-state index is 0.760. The van der Waals surface area contributed by atoms with E-state index >= 15 is 0 Å². The Hall–Kier alpha value is -0.820. The van der Waals surface area contributed by atoms with E-state index in [-0.39, 0.29) is 0 Å². The van der Waals surface area contributed by atoms with Crippen molar-refractivity contribution in [1.29, 1.82) is 0 Å². The van der Waals surface area contributed by atoms with Crippen LogP contribution in [0.2, 0.25) is 0 Å². The fraction of sp³-hybridized carbons (Fsp3) is 0.667. The van der Waals surface area contributed by atoms with E-state index in [9.17, 15) is 0 Å². The van der Waals surface area contributed by atoms with Crippen LogP contribution in [0.1, 0.15) is 0 Å². The van der Waals surface area contributed by atoms with Crippen molar-refractivity contribution in [3.63, 3.8) is 0 Å². The van der Waals surface area contributed by atoms with Crippen LogP contribution >= 0.6 is 0 Å². The topological polar surface area (TPSA) is 121 Å². The predicted octanol–water partition coefficient (Wildman–Crippen LogP) is -1.98. The van der Waals surface area contributed by atoms with Gasteiger partial charge in [-0.2, -0.15) is 0 Å². The molecule has 0 aromatic carbocycles. The summed E-state index contributed by atoms with van der Waals surface area (Å²) in [5.41, 5.74) is 0. The van der Waals surface area contributed by atoms with Gasteiger partial charge in [-0.15, -0.1) is 0 Å². The van der Waals surface area contributed by atoms with Crippen LogP contribution in [0, 0.1) is 0 Å². The molecule has 0 aliphatic heterocycles. The summed E-state index contributed by atoms with van der Waals surface area (Å²) in [6.45, 7) is -1.61.